The Kier molecular flexibility index (Phi) is 2.51. The minimum atomic E-state index is -0.275. The lowest BCUT2D eigenvalue weighted by molar-refractivity contribution is 0.627. The molecule has 0 aliphatic heterocycles. The summed E-state index contributed by atoms with van der Waals surface area (Å²) in [4.78, 5) is 18.9. The van der Waals surface area contributed by atoms with Crippen LogP contribution in [0.2, 0.25) is 0 Å². The van der Waals surface area contributed by atoms with Crippen LogP contribution in [0.15, 0.2) is 29.1 Å². The van der Waals surface area contributed by atoms with Gasteiger partial charge in [-0.15, -0.1) is 0 Å². The van der Waals surface area contributed by atoms with Crippen LogP contribution in [0.4, 0.5) is 4.39 Å². The molecule has 2 aromatic rings. The van der Waals surface area contributed by atoms with Crippen LogP contribution in [-0.4, -0.2) is 9.97 Å². The van der Waals surface area contributed by atoms with E-state index in [1.807, 2.05) is 6.92 Å². The third-order valence-corrected chi connectivity index (χ3v) is 3.19. The highest BCUT2D eigenvalue weighted by atomic mass is 19.1. The number of rotatable bonds is 2. The fourth-order valence-electron chi connectivity index (χ4n) is 2.08. The Hall–Kier alpha value is -1.97. The van der Waals surface area contributed by atoms with Crippen molar-refractivity contribution in [3.63, 3.8) is 0 Å². The number of aromatic nitrogens is 2. The van der Waals surface area contributed by atoms with Crippen LogP contribution in [0.25, 0.3) is 11.3 Å². The molecule has 0 unspecified atom stereocenters. The Bertz CT molecular complexity index is 659. The number of aryl methyl sites for hydroxylation is 1. The molecule has 1 N–H and O–H groups in total. The van der Waals surface area contributed by atoms with Gasteiger partial charge in [0, 0.05) is 17.5 Å². The minimum Gasteiger partial charge on any atom is -0.310 e. The summed E-state index contributed by atoms with van der Waals surface area (Å²) in [5.74, 6) is 0.864. The standard InChI is InChI=1S/C14H13FN2O/c1-8-6-10(15)4-5-11(8)12-7-13(18)17-14(16-12)9-2-3-9/h4-7,9H,2-3H2,1H3,(H,16,17,18). The van der Waals surface area contributed by atoms with Crippen LogP contribution in [0.5, 0.6) is 0 Å². The molecule has 1 aliphatic rings. The number of halogens is 1. The highest BCUT2D eigenvalue weighted by Gasteiger charge is 2.26. The van der Waals surface area contributed by atoms with E-state index in [0.717, 1.165) is 29.8 Å². The first-order valence-electron chi connectivity index (χ1n) is 6.01. The van der Waals surface area contributed by atoms with E-state index < -0.39 is 0 Å². The molecule has 0 saturated heterocycles. The van der Waals surface area contributed by atoms with Gasteiger partial charge in [0.25, 0.3) is 5.56 Å². The fraction of sp³-hybridized carbons (Fsp3) is 0.286. The van der Waals surface area contributed by atoms with Crippen molar-refractivity contribution in [2.75, 3.05) is 0 Å². The van der Waals surface area contributed by atoms with E-state index in [9.17, 15) is 9.18 Å². The lowest BCUT2D eigenvalue weighted by Gasteiger charge is -2.06. The maximum Gasteiger partial charge on any atom is 0.251 e. The van der Waals surface area contributed by atoms with E-state index in [0.29, 0.717) is 11.6 Å². The number of H-pyrrole nitrogens is 1. The summed E-state index contributed by atoms with van der Waals surface area (Å²) in [5, 5.41) is 0. The molecule has 0 bridgehead atoms. The van der Waals surface area contributed by atoms with Crippen LogP contribution in [0.1, 0.15) is 30.1 Å². The molecule has 0 spiro atoms. The molecular weight excluding hydrogens is 231 g/mol. The Labute approximate surface area is 104 Å². The van der Waals surface area contributed by atoms with Crippen molar-refractivity contribution >= 4 is 0 Å². The average Bonchev–Trinajstić information content (AvgIpc) is 3.11. The first-order valence-corrected chi connectivity index (χ1v) is 6.01. The predicted molar refractivity (Wildman–Crippen MR) is 67.0 cm³/mol. The third-order valence-electron chi connectivity index (χ3n) is 3.19. The first-order chi connectivity index (χ1) is 8.63. The van der Waals surface area contributed by atoms with Crippen molar-refractivity contribution in [2.45, 2.75) is 25.7 Å². The highest BCUT2D eigenvalue weighted by Crippen LogP contribution is 2.38. The largest absolute Gasteiger partial charge is 0.310 e. The van der Waals surface area contributed by atoms with Gasteiger partial charge in [0.05, 0.1) is 5.69 Å². The number of nitrogens with zero attached hydrogens (tertiary/aromatic N) is 1. The molecule has 0 radical (unpaired) electrons. The van der Waals surface area contributed by atoms with E-state index in [1.54, 1.807) is 6.07 Å². The number of nitrogens with one attached hydrogen (secondary N) is 1. The zero-order valence-corrected chi connectivity index (χ0v) is 10.0. The topological polar surface area (TPSA) is 45.8 Å². The predicted octanol–water partition coefficient (Wildman–Crippen LogP) is 2.76. The molecule has 4 heteroatoms. The van der Waals surface area contributed by atoms with Crippen molar-refractivity contribution in [3.8, 4) is 11.3 Å². The second kappa shape index (κ2) is 4.05. The summed E-state index contributed by atoms with van der Waals surface area (Å²) < 4.78 is 13.1. The van der Waals surface area contributed by atoms with Crippen molar-refractivity contribution < 1.29 is 4.39 Å². The Morgan fingerprint density at radius 1 is 1.33 bits per heavy atom. The van der Waals surface area contributed by atoms with Crippen molar-refractivity contribution in [1.29, 1.82) is 0 Å². The van der Waals surface area contributed by atoms with Gasteiger partial charge in [-0.05, 0) is 43.5 Å². The molecule has 1 heterocycles. The molecule has 92 valence electrons. The number of hydrogen-bond acceptors (Lipinski definition) is 2. The summed E-state index contributed by atoms with van der Waals surface area (Å²) in [7, 11) is 0. The second-order valence-corrected chi connectivity index (χ2v) is 4.75. The Balaban J connectivity index is 2.13. The molecule has 0 atom stereocenters. The van der Waals surface area contributed by atoms with Crippen LogP contribution in [0.3, 0.4) is 0 Å². The number of aromatic amines is 1. The molecule has 3 nitrogen and oxygen atoms in total. The van der Waals surface area contributed by atoms with E-state index >= 15 is 0 Å². The first kappa shape index (κ1) is 11.1. The monoisotopic (exact) mass is 244 g/mol. The van der Waals surface area contributed by atoms with Gasteiger partial charge in [0.2, 0.25) is 0 Å². The Morgan fingerprint density at radius 2 is 2.11 bits per heavy atom. The van der Waals surface area contributed by atoms with Gasteiger partial charge >= 0.3 is 0 Å². The van der Waals surface area contributed by atoms with Gasteiger partial charge in [-0.25, -0.2) is 9.37 Å². The summed E-state index contributed by atoms with van der Waals surface area (Å²) in [5.41, 5.74) is 2.07. The lowest BCUT2D eigenvalue weighted by Crippen LogP contribution is -2.10. The quantitative estimate of drug-likeness (QED) is 0.882. The van der Waals surface area contributed by atoms with Crippen LogP contribution < -0.4 is 5.56 Å². The zero-order chi connectivity index (χ0) is 12.7. The number of benzene rings is 1. The summed E-state index contributed by atoms with van der Waals surface area (Å²) in [6.07, 6.45) is 2.16. The molecule has 1 saturated carbocycles. The SMILES string of the molecule is Cc1cc(F)ccc1-c1cc(=O)[nH]c(C2CC2)n1. The second-order valence-electron chi connectivity index (χ2n) is 4.75. The fourth-order valence-corrected chi connectivity index (χ4v) is 2.08. The average molecular weight is 244 g/mol. The zero-order valence-electron chi connectivity index (χ0n) is 10.0. The van der Waals surface area contributed by atoms with Crippen LogP contribution >= 0.6 is 0 Å². The van der Waals surface area contributed by atoms with Gasteiger partial charge in [-0.1, -0.05) is 0 Å². The highest BCUT2D eigenvalue weighted by molar-refractivity contribution is 5.63. The van der Waals surface area contributed by atoms with Gasteiger partial charge in [-0.3, -0.25) is 4.79 Å². The van der Waals surface area contributed by atoms with E-state index in [2.05, 4.69) is 9.97 Å². The molecule has 1 fully saturated rings. The summed E-state index contributed by atoms with van der Waals surface area (Å²) in [6.45, 7) is 1.82. The summed E-state index contributed by atoms with van der Waals surface area (Å²) in [6, 6.07) is 5.98. The maximum atomic E-state index is 13.1. The van der Waals surface area contributed by atoms with E-state index in [-0.39, 0.29) is 11.4 Å². The van der Waals surface area contributed by atoms with Gasteiger partial charge in [0.1, 0.15) is 11.6 Å². The van der Waals surface area contributed by atoms with Gasteiger partial charge in [0.15, 0.2) is 0 Å². The minimum absolute atomic E-state index is 0.148. The van der Waals surface area contributed by atoms with Crippen molar-refractivity contribution in [1.82, 2.24) is 9.97 Å². The van der Waals surface area contributed by atoms with Crippen molar-refractivity contribution in [3.05, 3.63) is 51.8 Å². The smallest absolute Gasteiger partial charge is 0.251 e. The molecule has 1 aliphatic carbocycles. The molecular formula is C14H13FN2O. The summed E-state index contributed by atoms with van der Waals surface area (Å²) >= 11 is 0. The van der Waals surface area contributed by atoms with E-state index in [1.165, 1.54) is 18.2 Å². The van der Waals surface area contributed by atoms with Crippen LogP contribution in [-0.2, 0) is 0 Å². The number of hydrogen-bond donors (Lipinski definition) is 1. The molecule has 18 heavy (non-hydrogen) atoms. The molecule has 3 rings (SSSR count). The van der Waals surface area contributed by atoms with Crippen LogP contribution in [0, 0.1) is 12.7 Å². The molecule has 1 aromatic carbocycles. The maximum absolute atomic E-state index is 13.1. The molecule has 0 amide bonds. The lowest BCUT2D eigenvalue weighted by atomic mass is 10.1. The van der Waals surface area contributed by atoms with E-state index in [4.69, 9.17) is 0 Å². The van der Waals surface area contributed by atoms with Gasteiger partial charge in [-0.2, -0.15) is 0 Å². The van der Waals surface area contributed by atoms with Crippen molar-refractivity contribution in [2.24, 2.45) is 0 Å². The van der Waals surface area contributed by atoms with Gasteiger partial charge < -0.3 is 4.98 Å². The normalized spacial score (nSPS) is 14.8. The molecule has 1 aromatic heterocycles. The Morgan fingerprint density at radius 3 is 2.78 bits per heavy atom. The third kappa shape index (κ3) is 2.06.